The summed E-state index contributed by atoms with van der Waals surface area (Å²) in [6, 6.07) is 14.1. The van der Waals surface area contributed by atoms with Crippen molar-refractivity contribution in [1.29, 1.82) is 0 Å². The molecule has 2 atom stereocenters. The number of nitrogens with zero attached hydrogens (tertiary/aromatic N) is 3. The highest BCUT2D eigenvalue weighted by Gasteiger charge is 2.54. The Morgan fingerprint density at radius 1 is 0.615 bits per heavy atom. The van der Waals surface area contributed by atoms with Crippen LogP contribution in [0.2, 0.25) is 0 Å². The second-order valence-electron chi connectivity index (χ2n) is 9.37. The van der Waals surface area contributed by atoms with Gasteiger partial charge < -0.3 is 0 Å². The maximum atomic E-state index is 13.9. The first kappa shape index (κ1) is 25.5. The molecule has 5 rings (SSSR count). The first-order chi connectivity index (χ1) is 18.7. The molecule has 196 valence electrons. The second-order valence-corrected chi connectivity index (χ2v) is 9.37. The molecule has 0 radical (unpaired) electrons. The number of hydrogen-bond acceptors (Lipinski definition) is 7. The van der Waals surface area contributed by atoms with Crippen molar-refractivity contribution in [2.24, 2.45) is 11.8 Å². The lowest BCUT2D eigenvalue weighted by Gasteiger charge is -2.39. The monoisotopic (exact) mass is 525 g/mol. The highest BCUT2D eigenvalue weighted by Crippen LogP contribution is 2.39. The zero-order valence-corrected chi connectivity index (χ0v) is 21.0. The van der Waals surface area contributed by atoms with Crippen LogP contribution in [0.1, 0.15) is 22.6 Å². The number of carbonyl (C=O) groups is 6. The van der Waals surface area contributed by atoms with Crippen LogP contribution in [0.15, 0.2) is 73.1 Å². The summed E-state index contributed by atoms with van der Waals surface area (Å²) >= 11 is 0. The summed E-state index contributed by atoms with van der Waals surface area (Å²) in [4.78, 5) is 85.4. The first-order valence-corrected chi connectivity index (χ1v) is 12.1. The Morgan fingerprint density at radius 2 is 1.00 bits per heavy atom. The van der Waals surface area contributed by atoms with Crippen LogP contribution in [0.4, 0.5) is 21.0 Å². The maximum Gasteiger partial charge on any atom is 0.335 e. The molecule has 0 spiro atoms. The number of pyridine rings is 1. The van der Waals surface area contributed by atoms with Crippen molar-refractivity contribution in [3.8, 4) is 0 Å². The number of carbonyl (C=O) groups excluding carboxylic acids is 6. The van der Waals surface area contributed by atoms with E-state index in [9.17, 15) is 28.8 Å². The lowest BCUT2D eigenvalue weighted by atomic mass is 9.73. The van der Waals surface area contributed by atoms with E-state index in [0.29, 0.717) is 0 Å². The van der Waals surface area contributed by atoms with E-state index in [4.69, 9.17) is 0 Å². The first-order valence-electron chi connectivity index (χ1n) is 12.1. The van der Waals surface area contributed by atoms with Crippen molar-refractivity contribution in [2.45, 2.75) is 19.8 Å². The van der Waals surface area contributed by atoms with Gasteiger partial charge in [-0.3, -0.25) is 34.8 Å². The summed E-state index contributed by atoms with van der Waals surface area (Å²) in [6.45, 7) is 3.67. The van der Waals surface area contributed by atoms with Crippen LogP contribution in [0.25, 0.3) is 0 Å². The van der Waals surface area contributed by atoms with Crippen LogP contribution in [0.3, 0.4) is 0 Å². The molecule has 11 nitrogen and oxygen atoms in total. The fraction of sp³-hybridized carbons (Fsp3) is 0.179. The van der Waals surface area contributed by atoms with E-state index >= 15 is 0 Å². The molecule has 0 unspecified atom stereocenters. The van der Waals surface area contributed by atoms with Crippen LogP contribution < -0.4 is 20.4 Å². The predicted octanol–water partition coefficient (Wildman–Crippen LogP) is 2.58. The lowest BCUT2D eigenvalue weighted by molar-refractivity contribution is -0.140. The second kappa shape index (κ2) is 9.93. The molecule has 3 heterocycles. The van der Waals surface area contributed by atoms with Crippen molar-refractivity contribution in [3.05, 3.63) is 89.7 Å². The SMILES string of the molecule is Cc1ccc(N2C(=O)NC(=O)[C@H](C(c3ccncc3)[C@H]3C(=O)NC(=O)N(c4ccc(C)cc4)C3=O)C2=O)cc1. The minimum absolute atomic E-state index is 0.213. The van der Waals surface area contributed by atoms with Crippen LogP contribution in [-0.2, 0) is 19.2 Å². The summed E-state index contributed by atoms with van der Waals surface area (Å²) in [5.74, 6) is -8.42. The number of benzene rings is 2. The Morgan fingerprint density at radius 3 is 1.38 bits per heavy atom. The third-order valence-electron chi connectivity index (χ3n) is 6.80. The van der Waals surface area contributed by atoms with Gasteiger partial charge in [0.2, 0.25) is 23.6 Å². The van der Waals surface area contributed by atoms with Crippen molar-refractivity contribution >= 4 is 47.1 Å². The molecule has 2 N–H and O–H groups in total. The minimum Gasteiger partial charge on any atom is -0.277 e. The zero-order valence-electron chi connectivity index (χ0n) is 21.0. The van der Waals surface area contributed by atoms with E-state index in [1.165, 1.54) is 24.5 Å². The number of aryl methyl sites for hydroxylation is 2. The van der Waals surface area contributed by atoms with E-state index in [-0.39, 0.29) is 16.9 Å². The van der Waals surface area contributed by atoms with Gasteiger partial charge >= 0.3 is 12.1 Å². The average Bonchev–Trinajstić information content (AvgIpc) is 2.90. The molecule has 2 aliphatic heterocycles. The van der Waals surface area contributed by atoms with Crippen molar-refractivity contribution in [3.63, 3.8) is 0 Å². The summed E-state index contributed by atoms with van der Waals surface area (Å²) < 4.78 is 0. The Labute approximate surface area is 222 Å². The van der Waals surface area contributed by atoms with Crippen LogP contribution in [0.5, 0.6) is 0 Å². The molecule has 2 fully saturated rings. The Hall–Kier alpha value is -5.19. The van der Waals surface area contributed by atoms with Gasteiger partial charge in [-0.2, -0.15) is 0 Å². The predicted molar refractivity (Wildman–Crippen MR) is 138 cm³/mol. The van der Waals surface area contributed by atoms with Crippen molar-refractivity contribution < 1.29 is 28.8 Å². The molecule has 1 aromatic heterocycles. The van der Waals surface area contributed by atoms with E-state index < -0.39 is 53.4 Å². The number of barbiturate groups is 2. The van der Waals surface area contributed by atoms with Gasteiger partial charge in [0.1, 0.15) is 11.8 Å². The number of nitrogens with one attached hydrogen (secondary N) is 2. The standard InChI is InChI=1S/C28H23N5O6/c1-15-3-7-18(8-4-15)32-25(36)21(23(34)30-27(32)38)20(17-11-13-29-14-12-17)22-24(35)31-28(39)33(26(22)37)19-9-5-16(2)6-10-19/h3-14,20-22H,1-2H3,(H,30,34,38)(H,31,35,39)/t21-,22-/m0/s1. The number of rotatable bonds is 5. The Bertz CT molecular complexity index is 1410. The van der Waals surface area contributed by atoms with E-state index in [0.717, 1.165) is 20.9 Å². The molecule has 0 bridgehead atoms. The average molecular weight is 526 g/mol. The van der Waals surface area contributed by atoms with Gasteiger partial charge in [0.05, 0.1) is 11.4 Å². The third-order valence-corrected chi connectivity index (χ3v) is 6.80. The number of anilines is 2. The summed E-state index contributed by atoms with van der Waals surface area (Å²) in [5.41, 5.74) is 2.48. The lowest BCUT2D eigenvalue weighted by Crippen LogP contribution is -2.64. The largest absolute Gasteiger partial charge is 0.335 e. The van der Waals surface area contributed by atoms with E-state index in [1.807, 2.05) is 13.8 Å². The van der Waals surface area contributed by atoms with E-state index in [2.05, 4.69) is 15.6 Å². The molecule has 3 aromatic rings. The smallest absolute Gasteiger partial charge is 0.277 e. The Kier molecular flexibility index (Phi) is 6.48. The fourth-order valence-electron chi connectivity index (χ4n) is 4.85. The summed E-state index contributed by atoms with van der Waals surface area (Å²) in [6.07, 6.45) is 2.79. The maximum absolute atomic E-state index is 13.9. The summed E-state index contributed by atoms with van der Waals surface area (Å²) in [7, 11) is 0. The highest BCUT2D eigenvalue weighted by atomic mass is 16.2. The molecule has 39 heavy (non-hydrogen) atoms. The summed E-state index contributed by atoms with van der Waals surface area (Å²) in [5, 5.41) is 4.38. The molecule has 11 heteroatoms. The fourth-order valence-corrected chi connectivity index (χ4v) is 4.85. The van der Waals surface area contributed by atoms with E-state index in [1.54, 1.807) is 48.5 Å². The van der Waals surface area contributed by atoms with Crippen molar-refractivity contribution in [1.82, 2.24) is 15.6 Å². The molecule has 2 saturated heterocycles. The van der Waals surface area contributed by atoms with Crippen LogP contribution >= 0.6 is 0 Å². The number of amides is 8. The third kappa shape index (κ3) is 4.54. The van der Waals surface area contributed by atoms with Gasteiger partial charge in [-0.15, -0.1) is 0 Å². The Balaban J connectivity index is 1.62. The minimum atomic E-state index is -1.65. The molecule has 0 aliphatic carbocycles. The van der Waals surface area contributed by atoms with Crippen molar-refractivity contribution in [2.75, 3.05) is 9.80 Å². The molecule has 0 saturated carbocycles. The van der Waals surface area contributed by atoms with Crippen LogP contribution in [0, 0.1) is 25.7 Å². The zero-order chi connectivity index (χ0) is 27.8. The molecular formula is C28H23N5O6. The molecule has 2 aromatic carbocycles. The van der Waals surface area contributed by atoms with Gasteiger partial charge in [0.25, 0.3) is 0 Å². The molecule has 8 amide bonds. The molecule has 2 aliphatic rings. The van der Waals surface area contributed by atoms with Gasteiger partial charge in [0.15, 0.2) is 0 Å². The quantitative estimate of drug-likeness (QED) is 0.487. The number of aromatic nitrogens is 1. The van der Waals surface area contributed by atoms with Crippen LogP contribution in [-0.4, -0.2) is 40.7 Å². The van der Waals surface area contributed by atoms with Gasteiger partial charge in [-0.05, 0) is 55.8 Å². The van der Waals surface area contributed by atoms with Gasteiger partial charge in [0, 0.05) is 18.3 Å². The van der Waals surface area contributed by atoms with Gasteiger partial charge in [-0.1, -0.05) is 35.4 Å². The number of hydrogen-bond donors (Lipinski definition) is 2. The molecular weight excluding hydrogens is 502 g/mol. The number of imide groups is 4. The highest BCUT2D eigenvalue weighted by molar-refractivity contribution is 6.31. The number of urea groups is 2. The topological polar surface area (TPSA) is 146 Å². The van der Waals surface area contributed by atoms with Gasteiger partial charge in [-0.25, -0.2) is 19.4 Å². The normalized spacial score (nSPS) is 19.9.